The van der Waals surface area contributed by atoms with Crippen LogP contribution in [0.1, 0.15) is 46.2 Å². The lowest BCUT2D eigenvalue weighted by Crippen LogP contribution is -2.31. The number of benzene rings is 2. The fourth-order valence-electron chi connectivity index (χ4n) is 2.51. The van der Waals surface area contributed by atoms with Crippen LogP contribution >= 0.6 is 0 Å². The summed E-state index contributed by atoms with van der Waals surface area (Å²) in [6.45, 7) is 4.01. The van der Waals surface area contributed by atoms with E-state index in [1.54, 1.807) is 61.1 Å². The number of hydrogen-bond donors (Lipinski definition) is 3. The fourth-order valence-corrected chi connectivity index (χ4v) is 2.51. The van der Waals surface area contributed by atoms with Gasteiger partial charge in [-0.2, -0.15) is 0 Å². The summed E-state index contributed by atoms with van der Waals surface area (Å²) in [4.78, 5) is 23.9. The minimum atomic E-state index is -0.574. The number of hydroxylamine groups is 1. The maximum absolute atomic E-state index is 12.5. The van der Waals surface area contributed by atoms with Gasteiger partial charge in [-0.3, -0.25) is 14.8 Å². The van der Waals surface area contributed by atoms with Crippen LogP contribution < -0.4 is 15.5 Å². The second kappa shape index (κ2) is 8.30. The Morgan fingerprint density at radius 2 is 1.44 bits per heavy atom. The summed E-state index contributed by atoms with van der Waals surface area (Å²) in [5, 5.41) is 11.7. The molecule has 132 valence electrons. The second-order valence-corrected chi connectivity index (χ2v) is 5.99. The molecule has 0 heterocycles. The number of rotatable bonds is 6. The molecule has 0 fully saturated rings. The predicted octanol–water partition coefficient (Wildman–Crippen LogP) is 2.94. The summed E-state index contributed by atoms with van der Waals surface area (Å²) in [6, 6.07) is 13.4. The molecule has 0 aliphatic carbocycles. The van der Waals surface area contributed by atoms with Crippen molar-refractivity contribution < 1.29 is 19.5 Å². The van der Waals surface area contributed by atoms with Gasteiger partial charge < -0.3 is 10.1 Å². The van der Waals surface area contributed by atoms with E-state index in [1.807, 2.05) is 13.8 Å². The summed E-state index contributed by atoms with van der Waals surface area (Å²) < 4.78 is 5.10. The van der Waals surface area contributed by atoms with Crippen molar-refractivity contribution in [3.05, 3.63) is 65.2 Å². The van der Waals surface area contributed by atoms with Gasteiger partial charge in [0.05, 0.1) is 13.2 Å². The summed E-state index contributed by atoms with van der Waals surface area (Å²) >= 11 is 0. The van der Waals surface area contributed by atoms with Crippen LogP contribution in [-0.4, -0.2) is 24.1 Å². The van der Waals surface area contributed by atoms with Crippen LogP contribution in [0.4, 0.5) is 0 Å². The molecule has 6 heteroatoms. The Hall–Kier alpha value is -2.86. The molecular formula is C19H22N2O4. The molecule has 2 aromatic rings. The largest absolute Gasteiger partial charge is 0.497 e. The van der Waals surface area contributed by atoms with Gasteiger partial charge in [-0.25, -0.2) is 5.48 Å². The average molecular weight is 342 g/mol. The molecule has 0 aliphatic rings. The van der Waals surface area contributed by atoms with Gasteiger partial charge in [0.25, 0.3) is 11.8 Å². The lowest BCUT2D eigenvalue weighted by atomic mass is 9.94. The van der Waals surface area contributed by atoms with E-state index < -0.39 is 5.91 Å². The van der Waals surface area contributed by atoms with E-state index in [1.165, 1.54) is 0 Å². The van der Waals surface area contributed by atoms with Crippen LogP contribution in [-0.2, 0) is 0 Å². The van der Waals surface area contributed by atoms with Crippen LogP contribution in [0.15, 0.2) is 48.5 Å². The minimum Gasteiger partial charge on any atom is -0.497 e. The van der Waals surface area contributed by atoms with Gasteiger partial charge in [0.1, 0.15) is 5.75 Å². The monoisotopic (exact) mass is 342 g/mol. The number of nitrogens with one attached hydrogen (secondary N) is 2. The van der Waals surface area contributed by atoms with E-state index in [-0.39, 0.29) is 17.9 Å². The number of hydrogen-bond acceptors (Lipinski definition) is 4. The Morgan fingerprint density at radius 1 is 0.920 bits per heavy atom. The topological polar surface area (TPSA) is 87.7 Å². The Labute approximate surface area is 146 Å². The van der Waals surface area contributed by atoms with E-state index >= 15 is 0 Å². The first-order chi connectivity index (χ1) is 12.0. The highest BCUT2D eigenvalue weighted by Gasteiger charge is 2.19. The van der Waals surface area contributed by atoms with Crippen LogP contribution in [0.5, 0.6) is 5.75 Å². The molecule has 0 saturated heterocycles. The number of amides is 2. The Kier molecular flexibility index (Phi) is 6.14. The molecule has 2 amide bonds. The molecule has 2 aromatic carbocycles. The van der Waals surface area contributed by atoms with E-state index in [2.05, 4.69) is 5.32 Å². The second-order valence-electron chi connectivity index (χ2n) is 5.99. The smallest absolute Gasteiger partial charge is 0.274 e. The maximum atomic E-state index is 12.5. The number of carbonyl (C=O) groups is 2. The predicted molar refractivity (Wildman–Crippen MR) is 93.7 cm³/mol. The zero-order valence-electron chi connectivity index (χ0n) is 14.4. The molecule has 3 N–H and O–H groups in total. The number of carbonyl (C=O) groups excluding carboxylic acids is 2. The van der Waals surface area contributed by atoms with Gasteiger partial charge in [-0.15, -0.1) is 0 Å². The summed E-state index contributed by atoms with van der Waals surface area (Å²) in [5.41, 5.74) is 3.36. The Balaban J connectivity index is 2.17. The molecule has 6 nitrogen and oxygen atoms in total. The minimum absolute atomic E-state index is 0.153. The van der Waals surface area contributed by atoms with Crippen LogP contribution in [0.3, 0.4) is 0 Å². The standard InChI is InChI=1S/C19H22N2O4/c1-12(2)17(13-4-6-15(7-5-13)19(23)21-24)20-18(22)14-8-10-16(25-3)11-9-14/h4-12,17,24H,1-3H3,(H,20,22)(H,21,23)/t17-/m1/s1. The molecule has 0 radical (unpaired) electrons. The molecule has 0 unspecified atom stereocenters. The first-order valence-corrected chi connectivity index (χ1v) is 7.95. The highest BCUT2D eigenvalue weighted by molar-refractivity contribution is 5.95. The van der Waals surface area contributed by atoms with Crippen LogP contribution in [0, 0.1) is 5.92 Å². The average Bonchev–Trinajstić information content (AvgIpc) is 2.65. The first kappa shape index (κ1) is 18.5. The molecular weight excluding hydrogens is 320 g/mol. The molecule has 0 spiro atoms. The molecule has 0 saturated carbocycles. The Bertz CT molecular complexity index is 724. The lowest BCUT2D eigenvalue weighted by molar-refractivity contribution is 0.0706. The molecule has 0 aliphatic heterocycles. The van der Waals surface area contributed by atoms with E-state index in [0.717, 1.165) is 5.56 Å². The molecule has 2 rings (SSSR count). The third kappa shape index (κ3) is 4.58. The van der Waals surface area contributed by atoms with Crippen molar-refractivity contribution in [2.75, 3.05) is 7.11 Å². The van der Waals surface area contributed by atoms with Crippen molar-refractivity contribution in [3.63, 3.8) is 0 Å². The van der Waals surface area contributed by atoms with Crippen molar-refractivity contribution in [2.45, 2.75) is 19.9 Å². The molecule has 0 aromatic heterocycles. The quantitative estimate of drug-likeness (QED) is 0.556. The fraction of sp³-hybridized carbons (Fsp3) is 0.263. The highest BCUT2D eigenvalue weighted by atomic mass is 16.5. The van der Waals surface area contributed by atoms with Crippen molar-refractivity contribution in [3.8, 4) is 5.75 Å². The van der Waals surface area contributed by atoms with E-state index in [9.17, 15) is 9.59 Å². The van der Waals surface area contributed by atoms with Gasteiger partial charge in [0, 0.05) is 11.1 Å². The number of methoxy groups -OCH3 is 1. The van der Waals surface area contributed by atoms with Crippen LogP contribution in [0.25, 0.3) is 0 Å². The van der Waals surface area contributed by atoms with E-state index in [4.69, 9.17) is 9.94 Å². The third-order valence-corrected chi connectivity index (χ3v) is 3.94. The lowest BCUT2D eigenvalue weighted by Gasteiger charge is -2.23. The maximum Gasteiger partial charge on any atom is 0.274 e. The van der Waals surface area contributed by atoms with Crippen molar-refractivity contribution in [1.82, 2.24) is 10.8 Å². The van der Waals surface area contributed by atoms with E-state index in [0.29, 0.717) is 16.9 Å². The summed E-state index contributed by atoms with van der Waals surface area (Å²) in [5.74, 6) is 0.0860. The van der Waals surface area contributed by atoms with Gasteiger partial charge in [0.15, 0.2) is 0 Å². The van der Waals surface area contributed by atoms with Crippen LogP contribution in [0.2, 0.25) is 0 Å². The third-order valence-electron chi connectivity index (χ3n) is 3.94. The first-order valence-electron chi connectivity index (χ1n) is 7.95. The molecule has 25 heavy (non-hydrogen) atoms. The van der Waals surface area contributed by atoms with Gasteiger partial charge >= 0.3 is 0 Å². The SMILES string of the molecule is COc1ccc(C(=O)N[C@@H](c2ccc(C(=O)NO)cc2)C(C)C)cc1. The summed E-state index contributed by atoms with van der Waals surface area (Å²) in [6.07, 6.45) is 0. The van der Waals surface area contributed by atoms with Gasteiger partial charge in [-0.05, 0) is 47.9 Å². The molecule has 0 bridgehead atoms. The van der Waals surface area contributed by atoms with Crippen molar-refractivity contribution >= 4 is 11.8 Å². The zero-order valence-corrected chi connectivity index (χ0v) is 14.4. The summed E-state index contributed by atoms with van der Waals surface area (Å²) in [7, 11) is 1.57. The zero-order chi connectivity index (χ0) is 18.4. The number of ether oxygens (including phenoxy) is 1. The van der Waals surface area contributed by atoms with Gasteiger partial charge in [0.2, 0.25) is 0 Å². The van der Waals surface area contributed by atoms with Crippen molar-refractivity contribution in [1.29, 1.82) is 0 Å². The normalized spacial score (nSPS) is 11.7. The highest BCUT2D eigenvalue weighted by Crippen LogP contribution is 2.23. The Morgan fingerprint density at radius 3 is 1.92 bits per heavy atom. The van der Waals surface area contributed by atoms with Gasteiger partial charge in [-0.1, -0.05) is 26.0 Å². The molecule has 1 atom stereocenters. The van der Waals surface area contributed by atoms with Crippen molar-refractivity contribution in [2.24, 2.45) is 5.92 Å².